The van der Waals surface area contributed by atoms with Gasteiger partial charge < -0.3 is 9.84 Å². The molecule has 0 spiro atoms. The number of benzene rings is 1. The lowest BCUT2D eigenvalue weighted by Crippen LogP contribution is -2.05. The number of aromatic carboxylic acids is 1. The van der Waals surface area contributed by atoms with E-state index >= 15 is 0 Å². The molecule has 0 aliphatic heterocycles. The molecule has 98 valence electrons. The molecule has 1 aromatic heterocycles. The van der Waals surface area contributed by atoms with Gasteiger partial charge in [-0.05, 0) is 30.7 Å². The number of halogens is 2. The number of carbonyl (C=O) groups is 1. The van der Waals surface area contributed by atoms with Crippen LogP contribution in [-0.2, 0) is 0 Å². The smallest absolute Gasteiger partial charge is 0.341 e. The van der Waals surface area contributed by atoms with Crippen LogP contribution in [0.25, 0.3) is 0 Å². The molecule has 0 atom stereocenters. The summed E-state index contributed by atoms with van der Waals surface area (Å²) in [4.78, 5) is 14.8. The molecule has 0 amide bonds. The average molecular weight is 265 g/mol. The molecule has 0 unspecified atom stereocenters. The van der Waals surface area contributed by atoms with E-state index in [1.54, 1.807) is 6.92 Å². The number of hydrogen-bond donors (Lipinski definition) is 1. The van der Waals surface area contributed by atoms with Crippen molar-refractivity contribution in [3.63, 3.8) is 0 Å². The first-order valence-corrected chi connectivity index (χ1v) is 5.31. The largest absolute Gasteiger partial charge is 0.477 e. The third kappa shape index (κ3) is 2.67. The van der Waals surface area contributed by atoms with Gasteiger partial charge in [-0.3, -0.25) is 0 Å². The van der Waals surface area contributed by atoms with Crippen LogP contribution in [0.2, 0.25) is 0 Å². The zero-order valence-corrected chi connectivity index (χ0v) is 9.85. The van der Waals surface area contributed by atoms with Crippen molar-refractivity contribution in [1.29, 1.82) is 0 Å². The molecule has 0 saturated carbocycles. The normalized spacial score (nSPS) is 10.3. The number of carboxylic acid groups (broad SMARTS) is 1. The van der Waals surface area contributed by atoms with Crippen LogP contribution in [-0.4, -0.2) is 16.1 Å². The number of rotatable bonds is 3. The predicted octanol–water partition coefficient (Wildman–Crippen LogP) is 3.16. The first-order chi connectivity index (χ1) is 8.99. The topological polar surface area (TPSA) is 59.4 Å². The standard InChI is InChI=1S/C13H9F2NO3/c1-7-4-5-16-12(11(7)13(17)18)19-10-6-8(14)2-3-9(10)15/h2-6H,1H3,(H,17,18). The predicted molar refractivity (Wildman–Crippen MR) is 62.4 cm³/mol. The molecule has 0 saturated heterocycles. The monoisotopic (exact) mass is 265 g/mol. The van der Waals surface area contributed by atoms with Crippen molar-refractivity contribution >= 4 is 5.97 Å². The Kier molecular flexibility index (Phi) is 3.41. The first-order valence-electron chi connectivity index (χ1n) is 5.31. The van der Waals surface area contributed by atoms with Gasteiger partial charge in [-0.1, -0.05) is 0 Å². The van der Waals surface area contributed by atoms with Crippen LogP contribution in [0.3, 0.4) is 0 Å². The maximum Gasteiger partial charge on any atom is 0.341 e. The van der Waals surface area contributed by atoms with Crippen LogP contribution >= 0.6 is 0 Å². The van der Waals surface area contributed by atoms with Crippen molar-refractivity contribution < 1.29 is 23.4 Å². The Labute approximate surface area is 107 Å². The fourth-order valence-corrected chi connectivity index (χ4v) is 1.53. The minimum Gasteiger partial charge on any atom is -0.477 e. The van der Waals surface area contributed by atoms with Gasteiger partial charge in [0.2, 0.25) is 5.88 Å². The molecule has 0 aliphatic rings. The zero-order valence-electron chi connectivity index (χ0n) is 9.85. The summed E-state index contributed by atoms with van der Waals surface area (Å²) in [5, 5.41) is 9.06. The van der Waals surface area contributed by atoms with Gasteiger partial charge in [0.25, 0.3) is 0 Å². The summed E-state index contributed by atoms with van der Waals surface area (Å²) in [6.45, 7) is 1.56. The van der Waals surface area contributed by atoms with Crippen molar-refractivity contribution in [3.8, 4) is 11.6 Å². The van der Waals surface area contributed by atoms with Crippen molar-refractivity contribution in [2.75, 3.05) is 0 Å². The summed E-state index contributed by atoms with van der Waals surface area (Å²) in [5.41, 5.74) is 0.223. The van der Waals surface area contributed by atoms with Gasteiger partial charge in [-0.15, -0.1) is 0 Å². The van der Waals surface area contributed by atoms with Crippen LogP contribution in [0.1, 0.15) is 15.9 Å². The van der Waals surface area contributed by atoms with Crippen molar-refractivity contribution in [2.45, 2.75) is 6.92 Å². The highest BCUT2D eigenvalue weighted by Crippen LogP contribution is 2.27. The lowest BCUT2D eigenvalue weighted by atomic mass is 10.1. The lowest BCUT2D eigenvalue weighted by molar-refractivity contribution is 0.0692. The molecule has 1 aromatic carbocycles. The van der Waals surface area contributed by atoms with E-state index < -0.39 is 23.4 Å². The minimum atomic E-state index is -1.25. The maximum atomic E-state index is 13.4. The van der Waals surface area contributed by atoms with Gasteiger partial charge in [-0.2, -0.15) is 0 Å². The number of pyridine rings is 1. The SMILES string of the molecule is Cc1ccnc(Oc2cc(F)ccc2F)c1C(=O)O. The fourth-order valence-electron chi connectivity index (χ4n) is 1.53. The highest BCUT2D eigenvalue weighted by Gasteiger charge is 2.18. The van der Waals surface area contributed by atoms with Gasteiger partial charge >= 0.3 is 5.97 Å². The van der Waals surface area contributed by atoms with Crippen LogP contribution in [0.4, 0.5) is 8.78 Å². The lowest BCUT2D eigenvalue weighted by Gasteiger charge is -2.09. The fraction of sp³-hybridized carbons (Fsp3) is 0.0769. The van der Waals surface area contributed by atoms with E-state index in [1.807, 2.05) is 0 Å². The van der Waals surface area contributed by atoms with E-state index in [0.29, 0.717) is 5.56 Å². The Morgan fingerprint density at radius 2 is 2.05 bits per heavy atom. The summed E-state index contributed by atoms with van der Waals surface area (Å²) < 4.78 is 31.5. The number of carboxylic acids is 1. The van der Waals surface area contributed by atoms with Crippen LogP contribution in [0.15, 0.2) is 30.5 Å². The van der Waals surface area contributed by atoms with Crippen molar-refractivity contribution in [1.82, 2.24) is 4.98 Å². The Balaban J connectivity index is 2.46. The highest BCUT2D eigenvalue weighted by molar-refractivity contribution is 5.91. The summed E-state index contributed by atoms with van der Waals surface area (Å²) >= 11 is 0. The molecule has 0 radical (unpaired) electrons. The molecule has 1 heterocycles. The van der Waals surface area contributed by atoms with E-state index in [2.05, 4.69) is 4.98 Å². The van der Waals surface area contributed by atoms with Crippen LogP contribution < -0.4 is 4.74 Å². The van der Waals surface area contributed by atoms with Crippen molar-refractivity contribution in [2.24, 2.45) is 0 Å². The summed E-state index contributed by atoms with van der Waals surface area (Å²) in [6.07, 6.45) is 1.33. The van der Waals surface area contributed by atoms with Crippen molar-refractivity contribution in [3.05, 3.63) is 53.2 Å². The molecule has 2 aromatic rings. The second-order valence-corrected chi connectivity index (χ2v) is 3.79. The minimum absolute atomic E-state index is 0.189. The number of aryl methyl sites for hydroxylation is 1. The molecule has 4 nitrogen and oxygen atoms in total. The molecular formula is C13H9F2NO3. The summed E-state index contributed by atoms with van der Waals surface area (Å²) in [6, 6.07) is 4.13. The van der Waals surface area contributed by atoms with E-state index in [0.717, 1.165) is 18.2 Å². The third-order valence-corrected chi connectivity index (χ3v) is 2.44. The Bertz CT molecular complexity index is 644. The number of aromatic nitrogens is 1. The highest BCUT2D eigenvalue weighted by atomic mass is 19.1. The molecule has 6 heteroatoms. The molecule has 19 heavy (non-hydrogen) atoms. The molecule has 0 fully saturated rings. The second-order valence-electron chi connectivity index (χ2n) is 3.79. The Morgan fingerprint density at radius 1 is 1.32 bits per heavy atom. The number of hydrogen-bond acceptors (Lipinski definition) is 3. The van der Waals surface area contributed by atoms with Crippen LogP contribution in [0.5, 0.6) is 11.6 Å². The zero-order chi connectivity index (χ0) is 14.0. The van der Waals surface area contributed by atoms with Gasteiger partial charge in [0.1, 0.15) is 11.4 Å². The molecule has 0 bridgehead atoms. The van der Waals surface area contributed by atoms with Gasteiger partial charge in [0, 0.05) is 12.3 Å². The number of ether oxygens (including phenoxy) is 1. The Hall–Kier alpha value is -2.50. The van der Waals surface area contributed by atoms with Gasteiger partial charge in [0.15, 0.2) is 11.6 Å². The van der Waals surface area contributed by atoms with E-state index in [-0.39, 0.29) is 11.4 Å². The molecule has 2 rings (SSSR count). The molecule has 0 aliphatic carbocycles. The molecular weight excluding hydrogens is 256 g/mol. The number of nitrogens with zero attached hydrogens (tertiary/aromatic N) is 1. The van der Waals surface area contributed by atoms with E-state index in [1.165, 1.54) is 12.3 Å². The van der Waals surface area contributed by atoms with Gasteiger partial charge in [0.05, 0.1) is 0 Å². The average Bonchev–Trinajstić information content (AvgIpc) is 2.33. The van der Waals surface area contributed by atoms with Gasteiger partial charge in [-0.25, -0.2) is 18.6 Å². The quantitative estimate of drug-likeness (QED) is 0.926. The van der Waals surface area contributed by atoms with E-state index in [9.17, 15) is 13.6 Å². The Morgan fingerprint density at radius 3 is 2.74 bits per heavy atom. The summed E-state index contributed by atoms with van der Waals surface area (Å²) in [7, 11) is 0. The third-order valence-electron chi connectivity index (χ3n) is 2.44. The first kappa shape index (κ1) is 12.9. The second kappa shape index (κ2) is 5.01. The maximum absolute atomic E-state index is 13.4. The van der Waals surface area contributed by atoms with E-state index in [4.69, 9.17) is 9.84 Å². The van der Waals surface area contributed by atoms with Crippen LogP contribution in [0, 0.1) is 18.6 Å². The molecule has 1 N–H and O–H groups in total. The summed E-state index contributed by atoms with van der Waals surface area (Å²) in [5.74, 6) is -3.45.